The molecule has 5 heteroatoms. The highest BCUT2D eigenvalue weighted by molar-refractivity contribution is 5.93. The van der Waals surface area contributed by atoms with Gasteiger partial charge in [-0.25, -0.2) is 0 Å². The molecule has 5 nitrogen and oxygen atoms in total. The summed E-state index contributed by atoms with van der Waals surface area (Å²) in [6.07, 6.45) is 3.16. The number of carbonyl (C=O) groups excluding carboxylic acids is 2. The van der Waals surface area contributed by atoms with E-state index in [9.17, 15) is 9.59 Å². The minimum atomic E-state index is -0.490. The van der Waals surface area contributed by atoms with Crippen LogP contribution in [0.3, 0.4) is 0 Å². The molecule has 0 bridgehead atoms. The van der Waals surface area contributed by atoms with Crippen molar-refractivity contribution in [3.63, 3.8) is 0 Å². The maximum atomic E-state index is 11.9. The van der Waals surface area contributed by atoms with Gasteiger partial charge in [-0.15, -0.1) is 0 Å². The van der Waals surface area contributed by atoms with Crippen molar-refractivity contribution >= 4 is 17.9 Å². The van der Waals surface area contributed by atoms with E-state index in [2.05, 4.69) is 5.32 Å². The molecule has 0 saturated carbocycles. The normalized spacial score (nSPS) is 10.5. The number of carbonyl (C=O) groups is 2. The molecule has 0 aliphatic heterocycles. The van der Waals surface area contributed by atoms with Crippen LogP contribution < -0.4 is 15.8 Å². The van der Waals surface area contributed by atoms with Crippen molar-refractivity contribution in [3.8, 4) is 5.75 Å². The zero-order valence-corrected chi connectivity index (χ0v) is 13.5. The highest BCUT2D eigenvalue weighted by atomic mass is 16.5. The van der Waals surface area contributed by atoms with Gasteiger partial charge in [0, 0.05) is 23.7 Å². The van der Waals surface area contributed by atoms with Crippen LogP contribution in [0.4, 0.5) is 0 Å². The monoisotopic (exact) mass is 324 g/mol. The lowest BCUT2D eigenvalue weighted by Gasteiger charge is -2.06. The van der Waals surface area contributed by atoms with Gasteiger partial charge in [-0.05, 0) is 36.8 Å². The zero-order valence-electron chi connectivity index (χ0n) is 13.5. The predicted molar refractivity (Wildman–Crippen MR) is 93.5 cm³/mol. The molecule has 0 aromatic heterocycles. The predicted octanol–water partition coefficient (Wildman–Crippen LogP) is 2.51. The Bertz CT molecular complexity index is 754. The van der Waals surface area contributed by atoms with E-state index >= 15 is 0 Å². The van der Waals surface area contributed by atoms with E-state index in [1.807, 2.05) is 37.3 Å². The molecule has 2 rings (SSSR count). The van der Waals surface area contributed by atoms with E-state index in [4.69, 9.17) is 10.5 Å². The van der Waals surface area contributed by atoms with Crippen molar-refractivity contribution in [1.82, 2.24) is 5.32 Å². The third kappa shape index (κ3) is 4.98. The van der Waals surface area contributed by atoms with Crippen LogP contribution in [0.15, 0.2) is 54.6 Å². The highest BCUT2D eigenvalue weighted by Gasteiger charge is 2.03. The number of amides is 2. The van der Waals surface area contributed by atoms with Crippen molar-refractivity contribution in [2.45, 2.75) is 13.5 Å². The van der Waals surface area contributed by atoms with Gasteiger partial charge in [0.2, 0.25) is 11.8 Å². The molecule has 0 atom stereocenters. The van der Waals surface area contributed by atoms with Crippen LogP contribution in [0.2, 0.25) is 0 Å². The van der Waals surface area contributed by atoms with Gasteiger partial charge >= 0.3 is 0 Å². The van der Waals surface area contributed by atoms with Gasteiger partial charge in [-0.3, -0.25) is 9.59 Å². The number of nitrogens with two attached hydrogens (primary N) is 1. The van der Waals surface area contributed by atoms with Gasteiger partial charge in [0.25, 0.3) is 0 Å². The third-order valence-corrected chi connectivity index (χ3v) is 3.31. The van der Waals surface area contributed by atoms with Gasteiger partial charge in [0.05, 0.1) is 6.61 Å². The minimum absolute atomic E-state index is 0.231. The molecule has 24 heavy (non-hydrogen) atoms. The average molecular weight is 324 g/mol. The first-order valence-corrected chi connectivity index (χ1v) is 7.66. The molecule has 2 aromatic rings. The maximum Gasteiger partial charge on any atom is 0.248 e. The number of hydrogen-bond acceptors (Lipinski definition) is 3. The van der Waals surface area contributed by atoms with Crippen molar-refractivity contribution in [1.29, 1.82) is 0 Å². The largest absolute Gasteiger partial charge is 0.493 e. The molecule has 0 saturated heterocycles. The molecular weight excluding hydrogens is 304 g/mol. The maximum absolute atomic E-state index is 11.9. The number of para-hydroxylation sites is 1. The second-order valence-corrected chi connectivity index (χ2v) is 5.09. The van der Waals surface area contributed by atoms with Crippen molar-refractivity contribution in [2.24, 2.45) is 5.73 Å². The Balaban J connectivity index is 1.96. The van der Waals surface area contributed by atoms with Gasteiger partial charge in [0.15, 0.2) is 0 Å². The topological polar surface area (TPSA) is 81.4 Å². The first-order valence-electron chi connectivity index (χ1n) is 7.66. The highest BCUT2D eigenvalue weighted by Crippen LogP contribution is 2.19. The van der Waals surface area contributed by atoms with Crippen LogP contribution in [0.25, 0.3) is 6.08 Å². The van der Waals surface area contributed by atoms with E-state index < -0.39 is 5.91 Å². The fourth-order valence-corrected chi connectivity index (χ4v) is 2.15. The third-order valence-electron chi connectivity index (χ3n) is 3.31. The van der Waals surface area contributed by atoms with E-state index in [0.29, 0.717) is 18.7 Å². The van der Waals surface area contributed by atoms with Crippen molar-refractivity contribution in [2.75, 3.05) is 6.61 Å². The van der Waals surface area contributed by atoms with E-state index in [-0.39, 0.29) is 5.91 Å². The summed E-state index contributed by atoms with van der Waals surface area (Å²) in [7, 11) is 0. The Morgan fingerprint density at radius 3 is 2.71 bits per heavy atom. The average Bonchev–Trinajstić information content (AvgIpc) is 2.59. The van der Waals surface area contributed by atoms with Crippen LogP contribution in [0.5, 0.6) is 5.75 Å². The molecule has 124 valence electrons. The van der Waals surface area contributed by atoms with Gasteiger partial charge in [-0.1, -0.05) is 30.3 Å². The summed E-state index contributed by atoms with van der Waals surface area (Å²) >= 11 is 0. The van der Waals surface area contributed by atoms with Crippen LogP contribution in [-0.2, 0) is 11.3 Å². The quantitative estimate of drug-likeness (QED) is 0.768. The second kappa shape index (κ2) is 8.53. The van der Waals surface area contributed by atoms with E-state index in [1.165, 1.54) is 6.08 Å². The first-order chi connectivity index (χ1) is 11.6. The van der Waals surface area contributed by atoms with Crippen LogP contribution in [-0.4, -0.2) is 18.4 Å². The second-order valence-electron chi connectivity index (χ2n) is 5.09. The standard InChI is InChI=1S/C19H20N2O3/c1-2-24-17-9-4-3-7-15(17)10-11-18(22)21-13-14-6-5-8-16(12-14)19(20)23/h3-12H,2,13H2,1H3,(H2,20,23)(H,21,22)/b11-10+. The molecule has 0 heterocycles. The van der Waals surface area contributed by atoms with Gasteiger partial charge in [0.1, 0.15) is 5.75 Å². The number of primary amides is 1. The first kappa shape index (κ1) is 17.3. The lowest BCUT2D eigenvalue weighted by Crippen LogP contribution is -2.20. The summed E-state index contributed by atoms with van der Waals surface area (Å²) in [6, 6.07) is 14.4. The summed E-state index contributed by atoms with van der Waals surface area (Å²) in [5.74, 6) is 0.0135. The Morgan fingerprint density at radius 2 is 1.96 bits per heavy atom. The molecule has 3 N–H and O–H groups in total. The smallest absolute Gasteiger partial charge is 0.248 e. The number of ether oxygens (including phenoxy) is 1. The van der Waals surface area contributed by atoms with Crippen molar-refractivity contribution in [3.05, 3.63) is 71.3 Å². The van der Waals surface area contributed by atoms with E-state index in [0.717, 1.165) is 16.9 Å². The van der Waals surface area contributed by atoms with Gasteiger partial charge < -0.3 is 15.8 Å². The summed E-state index contributed by atoms with van der Waals surface area (Å²) in [5.41, 5.74) is 7.31. The number of hydrogen-bond donors (Lipinski definition) is 2. The number of nitrogens with one attached hydrogen (secondary N) is 1. The Labute approximate surface area is 141 Å². The summed E-state index contributed by atoms with van der Waals surface area (Å²) in [4.78, 5) is 23.1. The zero-order chi connectivity index (χ0) is 17.4. The van der Waals surface area contributed by atoms with Crippen molar-refractivity contribution < 1.29 is 14.3 Å². The molecule has 2 amide bonds. The Kier molecular flexibility index (Phi) is 6.14. The lowest BCUT2D eigenvalue weighted by atomic mass is 10.1. The Hall–Kier alpha value is -3.08. The SMILES string of the molecule is CCOc1ccccc1/C=C/C(=O)NCc1cccc(C(N)=O)c1. The molecule has 0 aliphatic rings. The molecule has 0 spiro atoms. The molecule has 0 fully saturated rings. The van der Waals surface area contributed by atoms with Crippen LogP contribution in [0.1, 0.15) is 28.4 Å². The summed E-state index contributed by atoms with van der Waals surface area (Å²) in [5, 5.41) is 2.77. The van der Waals surface area contributed by atoms with Crippen LogP contribution >= 0.6 is 0 Å². The number of benzene rings is 2. The van der Waals surface area contributed by atoms with Crippen LogP contribution in [0, 0.1) is 0 Å². The molecule has 2 aromatic carbocycles. The lowest BCUT2D eigenvalue weighted by molar-refractivity contribution is -0.116. The van der Waals surface area contributed by atoms with E-state index in [1.54, 1.807) is 24.3 Å². The summed E-state index contributed by atoms with van der Waals surface area (Å²) < 4.78 is 5.51. The molecule has 0 radical (unpaired) electrons. The van der Waals surface area contributed by atoms with Gasteiger partial charge in [-0.2, -0.15) is 0 Å². The molecule has 0 unspecified atom stereocenters. The Morgan fingerprint density at radius 1 is 1.17 bits per heavy atom. The fourth-order valence-electron chi connectivity index (χ4n) is 2.15. The fraction of sp³-hybridized carbons (Fsp3) is 0.158. The number of rotatable bonds is 7. The molecule has 0 aliphatic carbocycles. The summed E-state index contributed by atoms with van der Waals surface area (Å²) in [6.45, 7) is 2.79. The molecular formula is C19H20N2O3. The minimum Gasteiger partial charge on any atom is -0.493 e.